The van der Waals surface area contributed by atoms with Crippen LogP contribution in [0.1, 0.15) is 17.5 Å². The third kappa shape index (κ3) is 5.18. The van der Waals surface area contributed by atoms with E-state index in [2.05, 4.69) is 73.3 Å². The minimum atomic E-state index is 0.207. The van der Waals surface area contributed by atoms with Gasteiger partial charge in [0.1, 0.15) is 0 Å². The average molecular weight is 366 g/mol. The van der Waals surface area contributed by atoms with Crippen LogP contribution in [0.2, 0.25) is 0 Å². The van der Waals surface area contributed by atoms with Crippen LogP contribution >= 0.6 is 0 Å². The van der Waals surface area contributed by atoms with Crippen LogP contribution in [-0.2, 0) is 11.2 Å². The summed E-state index contributed by atoms with van der Waals surface area (Å²) in [7, 11) is 4.20. The Kier molecular flexibility index (Phi) is 6.64. The van der Waals surface area contributed by atoms with E-state index in [4.69, 9.17) is 0 Å². The number of benzene rings is 2. The van der Waals surface area contributed by atoms with Crippen molar-refractivity contribution in [1.82, 2.24) is 9.80 Å². The summed E-state index contributed by atoms with van der Waals surface area (Å²) in [5.74, 6) is 0.207. The highest BCUT2D eigenvalue weighted by molar-refractivity contribution is 5.96. The Morgan fingerprint density at radius 1 is 1.04 bits per heavy atom. The first kappa shape index (κ1) is 19.6. The maximum absolute atomic E-state index is 12.9. The van der Waals surface area contributed by atoms with Gasteiger partial charge in [0.2, 0.25) is 5.91 Å². The van der Waals surface area contributed by atoms with Crippen molar-refractivity contribution in [2.24, 2.45) is 0 Å². The van der Waals surface area contributed by atoms with Gasteiger partial charge in [-0.05, 0) is 57.6 Å². The second-order valence-corrected chi connectivity index (χ2v) is 7.76. The number of hydrogen-bond donors (Lipinski definition) is 0. The second kappa shape index (κ2) is 9.16. The zero-order chi connectivity index (χ0) is 19.2. The summed E-state index contributed by atoms with van der Waals surface area (Å²) in [5.41, 5.74) is 3.54. The van der Waals surface area contributed by atoms with Crippen molar-refractivity contribution < 1.29 is 4.79 Å². The van der Waals surface area contributed by atoms with Gasteiger partial charge in [0.15, 0.2) is 0 Å². The van der Waals surface area contributed by atoms with E-state index in [1.165, 1.54) is 5.56 Å². The number of para-hydroxylation sites is 1. The predicted molar refractivity (Wildman–Crippen MR) is 112 cm³/mol. The van der Waals surface area contributed by atoms with Gasteiger partial charge >= 0.3 is 0 Å². The number of amides is 1. The van der Waals surface area contributed by atoms with E-state index in [9.17, 15) is 4.79 Å². The van der Waals surface area contributed by atoms with Gasteiger partial charge in [-0.1, -0.05) is 48.5 Å². The molecular formula is C23H31N3O. The highest BCUT2D eigenvalue weighted by atomic mass is 16.2. The van der Waals surface area contributed by atoms with Crippen molar-refractivity contribution in [2.75, 3.05) is 45.2 Å². The Labute approximate surface area is 163 Å². The molecule has 4 nitrogen and oxygen atoms in total. The molecule has 1 atom stereocenters. The molecular weight excluding hydrogens is 334 g/mol. The number of anilines is 1. The van der Waals surface area contributed by atoms with Gasteiger partial charge < -0.3 is 9.80 Å². The molecule has 1 saturated heterocycles. The topological polar surface area (TPSA) is 26.8 Å². The van der Waals surface area contributed by atoms with Crippen LogP contribution in [0.15, 0.2) is 54.6 Å². The van der Waals surface area contributed by atoms with E-state index in [1.807, 2.05) is 17.0 Å². The van der Waals surface area contributed by atoms with E-state index >= 15 is 0 Å². The number of piperazine rings is 1. The Morgan fingerprint density at radius 3 is 2.44 bits per heavy atom. The molecule has 144 valence electrons. The largest absolute Gasteiger partial charge is 0.309 e. The van der Waals surface area contributed by atoms with Gasteiger partial charge in [-0.3, -0.25) is 9.69 Å². The highest BCUT2D eigenvalue weighted by Crippen LogP contribution is 2.25. The van der Waals surface area contributed by atoms with Gasteiger partial charge in [0, 0.05) is 24.8 Å². The molecule has 0 aromatic heterocycles. The summed E-state index contributed by atoms with van der Waals surface area (Å²) in [5, 5.41) is 0. The lowest BCUT2D eigenvalue weighted by Gasteiger charge is -2.41. The van der Waals surface area contributed by atoms with Crippen LogP contribution in [-0.4, -0.2) is 62.0 Å². The van der Waals surface area contributed by atoms with Crippen molar-refractivity contribution in [3.63, 3.8) is 0 Å². The zero-order valence-electron chi connectivity index (χ0n) is 16.8. The van der Waals surface area contributed by atoms with E-state index in [0.29, 0.717) is 12.6 Å². The molecule has 1 heterocycles. The molecule has 1 aliphatic heterocycles. The summed E-state index contributed by atoms with van der Waals surface area (Å²) in [6, 6.07) is 19.2. The Hall–Kier alpha value is -2.17. The Morgan fingerprint density at radius 2 is 1.74 bits per heavy atom. The molecule has 3 rings (SSSR count). The van der Waals surface area contributed by atoms with Gasteiger partial charge in [-0.25, -0.2) is 0 Å². The van der Waals surface area contributed by atoms with Crippen molar-refractivity contribution in [3.05, 3.63) is 65.7 Å². The molecule has 27 heavy (non-hydrogen) atoms. The van der Waals surface area contributed by atoms with E-state index < -0.39 is 0 Å². The molecule has 4 heteroatoms. The van der Waals surface area contributed by atoms with Crippen molar-refractivity contribution in [3.8, 4) is 0 Å². The highest BCUT2D eigenvalue weighted by Gasteiger charge is 2.33. The predicted octanol–water partition coefficient (Wildman–Crippen LogP) is 3.21. The van der Waals surface area contributed by atoms with Crippen LogP contribution in [0.25, 0.3) is 0 Å². The summed E-state index contributed by atoms with van der Waals surface area (Å²) in [4.78, 5) is 19.5. The smallest absolute Gasteiger partial charge is 0.241 e. The SMILES string of the molecule is Cc1ccccc1N1C[C@@H](Cc2ccccc2)N(CCCN(C)C)CC1=O. The van der Waals surface area contributed by atoms with Crippen LogP contribution in [0.3, 0.4) is 0 Å². The van der Waals surface area contributed by atoms with Gasteiger partial charge in [0.05, 0.1) is 6.54 Å². The number of aryl methyl sites for hydroxylation is 1. The summed E-state index contributed by atoms with van der Waals surface area (Å²) >= 11 is 0. The molecule has 1 amide bonds. The van der Waals surface area contributed by atoms with Crippen LogP contribution in [0, 0.1) is 6.92 Å². The van der Waals surface area contributed by atoms with E-state index in [-0.39, 0.29) is 5.91 Å². The molecule has 1 aliphatic rings. The fourth-order valence-electron chi connectivity index (χ4n) is 3.85. The Balaban J connectivity index is 1.78. The third-order valence-electron chi connectivity index (χ3n) is 5.32. The fraction of sp³-hybridized carbons (Fsp3) is 0.435. The molecule has 0 spiro atoms. The number of carbonyl (C=O) groups excluding carboxylic acids is 1. The normalized spacial score (nSPS) is 18.3. The molecule has 2 aromatic carbocycles. The Bertz CT molecular complexity index is 744. The monoisotopic (exact) mass is 365 g/mol. The van der Waals surface area contributed by atoms with Gasteiger partial charge in [0.25, 0.3) is 0 Å². The average Bonchev–Trinajstić information content (AvgIpc) is 2.65. The van der Waals surface area contributed by atoms with Crippen LogP contribution in [0.4, 0.5) is 5.69 Å². The first-order chi connectivity index (χ1) is 13.0. The molecule has 1 fully saturated rings. The molecule has 0 radical (unpaired) electrons. The summed E-state index contributed by atoms with van der Waals surface area (Å²) < 4.78 is 0. The van der Waals surface area contributed by atoms with Crippen molar-refractivity contribution >= 4 is 11.6 Å². The quantitative estimate of drug-likeness (QED) is 0.754. The maximum Gasteiger partial charge on any atom is 0.241 e. The lowest BCUT2D eigenvalue weighted by atomic mass is 10.0. The minimum Gasteiger partial charge on any atom is -0.309 e. The lowest BCUT2D eigenvalue weighted by molar-refractivity contribution is -0.122. The second-order valence-electron chi connectivity index (χ2n) is 7.76. The molecule has 0 N–H and O–H groups in total. The van der Waals surface area contributed by atoms with Crippen LogP contribution in [0.5, 0.6) is 0 Å². The van der Waals surface area contributed by atoms with E-state index in [0.717, 1.165) is 43.7 Å². The molecule has 0 aliphatic carbocycles. The molecule has 2 aromatic rings. The minimum absolute atomic E-state index is 0.207. The number of rotatable bonds is 7. The van der Waals surface area contributed by atoms with E-state index in [1.54, 1.807) is 0 Å². The van der Waals surface area contributed by atoms with Gasteiger partial charge in [-0.2, -0.15) is 0 Å². The molecule has 0 saturated carbocycles. The molecule has 0 bridgehead atoms. The van der Waals surface area contributed by atoms with Crippen molar-refractivity contribution in [1.29, 1.82) is 0 Å². The van der Waals surface area contributed by atoms with Gasteiger partial charge in [-0.15, -0.1) is 0 Å². The van der Waals surface area contributed by atoms with Crippen molar-refractivity contribution in [2.45, 2.75) is 25.8 Å². The first-order valence-corrected chi connectivity index (χ1v) is 9.83. The number of carbonyl (C=O) groups is 1. The standard InChI is InChI=1S/C23H31N3O/c1-19-10-7-8-13-22(19)26-17-21(16-20-11-5-4-6-12-20)25(18-23(26)27)15-9-14-24(2)3/h4-8,10-13,21H,9,14-18H2,1-3H3/t21-/m1/s1. The zero-order valence-corrected chi connectivity index (χ0v) is 16.8. The molecule has 0 unspecified atom stereocenters. The number of hydrogen-bond acceptors (Lipinski definition) is 3. The fourth-order valence-corrected chi connectivity index (χ4v) is 3.85. The maximum atomic E-state index is 12.9. The summed E-state index contributed by atoms with van der Waals surface area (Å²) in [6.07, 6.45) is 2.05. The lowest BCUT2D eigenvalue weighted by Crippen LogP contribution is -2.57. The summed E-state index contributed by atoms with van der Waals surface area (Å²) in [6.45, 7) is 5.34. The number of nitrogens with zero attached hydrogens (tertiary/aromatic N) is 3. The third-order valence-corrected chi connectivity index (χ3v) is 5.32. The van der Waals surface area contributed by atoms with Crippen LogP contribution < -0.4 is 4.90 Å². The first-order valence-electron chi connectivity index (χ1n) is 9.83.